The Morgan fingerprint density at radius 1 is 1.64 bits per heavy atom. The molecule has 1 aromatic heterocycles. The predicted molar refractivity (Wildman–Crippen MR) is 44.2 cm³/mol. The highest BCUT2D eigenvalue weighted by atomic mass is 15.0. The molecule has 1 heterocycles. The number of nitrogens with zero attached hydrogens (tertiary/aromatic N) is 2. The van der Waals surface area contributed by atoms with E-state index in [2.05, 4.69) is 17.6 Å². The summed E-state index contributed by atoms with van der Waals surface area (Å²) in [5.41, 5.74) is 2.39. The summed E-state index contributed by atoms with van der Waals surface area (Å²) in [5.74, 6) is 0.405. The van der Waals surface area contributed by atoms with Crippen LogP contribution in [-0.4, -0.2) is 9.55 Å². The minimum Gasteiger partial charge on any atom is -0.337 e. The SMILES string of the molecule is C=C1C=CC1c1cncn1C. The molecule has 56 valence electrons. The molecule has 2 rings (SSSR count). The molecular weight excluding hydrogens is 136 g/mol. The van der Waals surface area contributed by atoms with Crippen molar-refractivity contribution in [1.82, 2.24) is 9.55 Å². The normalized spacial score (nSPS) is 21.9. The second kappa shape index (κ2) is 2.09. The number of hydrogen-bond acceptors (Lipinski definition) is 1. The van der Waals surface area contributed by atoms with Gasteiger partial charge in [0.15, 0.2) is 0 Å². The van der Waals surface area contributed by atoms with Crippen LogP contribution in [0.3, 0.4) is 0 Å². The standard InChI is InChI=1S/C9H10N2/c1-7-3-4-8(7)9-5-10-6-11(9)2/h3-6,8H,1H2,2H3. The first kappa shape index (κ1) is 6.40. The molecule has 0 N–H and O–H groups in total. The molecule has 0 aromatic carbocycles. The van der Waals surface area contributed by atoms with Gasteiger partial charge >= 0.3 is 0 Å². The van der Waals surface area contributed by atoms with E-state index in [1.807, 2.05) is 30.2 Å². The minimum atomic E-state index is 0.405. The van der Waals surface area contributed by atoms with E-state index >= 15 is 0 Å². The Morgan fingerprint density at radius 2 is 2.45 bits per heavy atom. The summed E-state index contributed by atoms with van der Waals surface area (Å²) in [6.45, 7) is 3.91. The van der Waals surface area contributed by atoms with Gasteiger partial charge in [-0.3, -0.25) is 0 Å². The monoisotopic (exact) mass is 146 g/mol. The molecule has 2 nitrogen and oxygen atoms in total. The Labute approximate surface area is 65.9 Å². The van der Waals surface area contributed by atoms with Crippen LogP contribution in [0, 0.1) is 0 Å². The third kappa shape index (κ3) is 0.827. The molecule has 1 aromatic rings. The lowest BCUT2D eigenvalue weighted by Gasteiger charge is -2.20. The van der Waals surface area contributed by atoms with E-state index in [1.54, 1.807) is 0 Å². The van der Waals surface area contributed by atoms with Crippen molar-refractivity contribution in [3.05, 3.63) is 42.5 Å². The highest BCUT2D eigenvalue weighted by Gasteiger charge is 2.19. The lowest BCUT2D eigenvalue weighted by atomic mass is 9.87. The van der Waals surface area contributed by atoms with Crippen molar-refractivity contribution in [2.24, 2.45) is 7.05 Å². The van der Waals surface area contributed by atoms with Crippen molar-refractivity contribution in [3.63, 3.8) is 0 Å². The quantitative estimate of drug-likeness (QED) is 0.588. The fourth-order valence-corrected chi connectivity index (χ4v) is 1.28. The fourth-order valence-electron chi connectivity index (χ4n) is 1.28. The zero-order valence-corrected chi connectivity index (χ0v) is 6.49. The zero-order chi connectivity index (χ0) is 7.84. The first-order valence-corrected chi connectivity index (χ1v) is 3.62. The topological polar surface area (TPSA) is 17.8 Å². The van der Waals surface area contributed by atoms with E-state index in [9.17, 15) is 0 Å². The first-order valence-electron chi connectivity index (χ1n) is 3.62. The Bertz CT molecular complexity index is 320. The van der Waals surface area contributed by atoms with Crippen molar-refractivity contribution in [3.8, 4) is 0 Å². The van der Waals surface area contributed by atoms with Gasteiger partial charge in [0.1, 0.15) is 0 Å². The highest BCUT2D eigenvalue weighted by Crippen LogP contribution is 2.32. The second-order valence-electron chi connectivity index (χ2n) is 2.84. The van der Waals surface area contributed by atoms with Gasteiger partial charge in [-0.1, -0.05) is 18.7 Å². The van der Waals surface area contributed by atoms with Gasteiger partial charge in [0.05, 0.1) is 6.33 Å². The van der Waals surface area contributed by atoms with Gasteiger partial charge in [-0.15, -0.1) is 0 Å². The maximum Gasteiger partial charge on any atom is 0.0945 e. The Morgan fingerprint density at radius 3 is 2.82 bits per heavy atom. The molecule has 0 bridgehead atoms. The molecular formula is C9H10N2. The number of allylic oxidation sites excluding steroid dienone is 3. The van der Waals surface area contributed by atoms with E-state index in [0.29, 0.717) is 5.92 Å². The van der Waals surface area contributed by atoms with E-state index in [4.69, 9.17) is 0 Å². The molecule has 1 aliphatic carbocycles. The van der Waals surface area contributed by atoms with Crippen LogP contribution < -0.4 is 0 Å². The molecule has 11 heavy (non-hydrogen) atoms. The Hall–Kier alpha value is -1.31. The maximum absolute atomic E-state index is 4.05. The van der Waals surface area contributed by atoms with E-state index in [-0.39, 0.29) is 0 Å². The van der Waals surface area contributed by atoms with Crippen LogP contribution in [0.15, 0.2) is 36.8 Å². The molecule has 0 spiro atoms. The van der Waals surface area contributed by atoms with Crippen molar-refractivity contribution >= 4 is 0 Å². The van der Waals surface area contributed by atoms with Gasteiger partial charge < -0.3 is 4.57 Å². The summed E-state index contributed by atoms with van der Waals surface area (Å²) in [6, 6.07) is 0. The van der Waals surface area contributed by atoms with Crippen molar-refractivity contribution in [1.29, 1.82) is 0 Å². The average Bonchev–Trinajstić information content (AvgIpc) is 2.34. The fraction of sp³-hybridized carbons (Fsp3) is 0.222. The van der Waals surface area contributed by atoms with Crippen LogP contribution in [0.4, 0.5) is 0 Å². The predicted octanol–water partition coefficient (Wildman–Crippen LogP) is 1.63. The number of rotatable bonds is 1. The third-order valence-corrected chi connectivity index (χ3v) is 2.07. The molecule has 1 unspecified atom stereocenters. The zero-order valence-electron chi connectivity index (χ0n) is 6.49. The lowest BCUT2D eigenvalue weighted by Crippen LogP contribution is -2.08. The average molecular weight is 146 g/mol. The number of imidazole rings is 1. The summed E-state index contributed by atoms with van der Waals surface area (Å²) in [6.07, 6.45) is 7.88. The van der Waals surface area contributed by atoms with Crippen molar-refractivity contribution in [2.75, 3.05) is 0 Å². The van der Waals surface area contributed by atoms with Crippen LogP contribution in [0.1, 0.15) is 11.6 Å². The summed E-state index contributed by atoms with van der Waals surface area (Å²) >= 11 is 0. The minimum absolute atomic E-state index is 0.405. The van der Waals surface area contributed by atoms with Gasteiger partial charge in [0.2, 0.25) is 0 Å². The molecule has 1 aliphatic rings. The summed E-state index contributed by atoms with van der Waals surface area (Å²) in [7, 11) is 2.00. The Kier molecular flexibility index (Phi) is 1.22. The molecule has 0 fully saturated rings. The number of hydrogen-bond donors (Lipinski definition) is 0. The van der Waals surface area contributed by atoms with Gasteiger partial charge in [0.25, 0.3) is 0 Å². The van der Waals surface area contributed by atoms with E-state index < -0.39 is 0 Å². The number of aromatic nitrogens is 2. The highest BCUT2D eigenvalue weighted by molar-refractivity contribution is 5.43. The lowest BCUT2D eigenvalue weighted by molar-refractivity contribution is 0.789. The second-order valence-corrected chi connectivity index (χ2v) is 2.84. The molecule has 0 amide bonds. The van der Waals surface area contributed by atoms with Crippen molar-refractivity contribution in [2.45, 2.75) is 5.92 Å². The summed E-state index contributed by atoms with van der Waals surface area (Å²) in [5, 5.41) is 0. The van der Waals surface area contributed by atoms with E-state index in [1.165, 1.54) is 11.3 Å². The molecule has 0 saturated carbocycles. The van der Waals surface area contributed by atoms with Gasteiger partial charge in [-0.2, -0.15) is 0 Å². The molecule has 0 saturated heterocycles. The maximum atomic E-state index is 4.05. The molecule has 0 radical (unpaired) electrons. The Balaban J connectivity index is 2.38. The van der Waals surface area contributed by atoms with Crippen LogP contribution in [-0.2, 0) is 7.05 Å². The smallest absolute Gasteiger partial charge is 0.0945 e. The van der Waals surface area contributed by atoms with Crippen LogP contribution in [0.25, 0.3) is 0 Å². The largest absolute Gasteiger partial charge is 0.337 e. The van der Waals surface area contributed by atoms with E-state index in [0.717, 1.165) is 0 Å². The van der Waals surface area contributed by atoms with Crippen LogP contribution in [0.5, 0.6) is 0 Å². The van der Waals surface area contributed by atoms with Gasteiger partial charge in [-0.05, 0) is 5.57 Å². The summed E-state index contributed by atoms with van der Waals surface area (Å²) < 4.78 is 2.03. The van der Waals surface area contributed by atoms with Crippen LogP contribution >= 0.6 is 0 Å². The third-order valence-electron chi connectivity index (χ3n) is 2.07. The molecule has 0 aliphatic heterocycles. The van der Waals surface area contributed by atoms with Crippen molar-refractivity contribution < 1.29 is 0 Å². The molecule has 2 heteroatoms. The van der Waals surface area contributed by atoms with Crippen LogP contribution in [0.2, 0.25) is 0 Å². The first-order chi connectivity index (χ1) is 5.29. The summed E-state index contributed by atoms with van der Waals surface area (Å²) in [4.78, 5) is 4.05. The number of aryl methyl sites for hydroxylation is 1. The van der Waals surface area contributed by atoms with Gasteiger partial charge in [-0.25, -0.2) is 4.98 Å². The molecule has 1 atom stereocenters. The van der Waals surface area contributed by atoms with Gasteiger partial charge in [0, 0.05) is 24.9 Å².